The predicted octanol–water partition coefficient (Wildman–Crippen LogP) is 8.71. The van der Waals surface area contributed by atoms with Gasteiger partial charge in [-0.2, -0.15) is 0 Å². The van der Waals surface area contributed by atoms with Crippen LogP contribution in [0.3, 0.4) is 0 Å². The van der Waals surface area contributed by atoms with Crippen LogP contribution in [0.25, 0.3) is 0 Å². The van der Waals surface area contributed by atoms with E-state index in [1.807, 2.05) is 12.1 Å². The third-order valence-corrected chi connectivity index (χ3v) is 5.76. The maximum Gasteiger partial charge on any atom is 0.218 e. The van der Waals surface area contributed by atoms with Crippen molar-refractivity contribution in [3.8, 4) is 5.75 Å². The molecule has 2 aromatic rings. The smallest absolute Gasteiger partial charge is 0.218 e. The maximum atomic E-state index is 10.9. The lowest BCUT2D eigenvalue weighted by atomic mass is 9.79. The molecule has 0 aliphatic carbocycles. The Bertz CT molecular complexity index is 947. The van der Waals surface area contributed by atoms with Crippen LogP contribution in [0.15, 0.2) is 40.6 Å². The van der Waals surface area contributed by atoms with E-state index in [0.29, 0.717) is 28.4 Å². The summed E-state index contributed by atoms with van der Waals surface area (Å²) in [5.41, 5.74) is 5.39. The van der Waals surface area contributed by atoms with E-state index in [2.05, 4.69) is 103 Å². The molecule has 0 amide bonds. The Kier molecular flexibility index (Phi) is 7.87. The zero-order valence-electron chi connectivity index (χ0n) is 21.3. The summed E-state index contributed by atoms with van der Waals surface area (Å²) in [6, 6.07) is 10.2. The molecule has 0 radical (unpaired) electrons. The highest BCUT2D eigenvalue weighted by Crippen LogP contribution is 2.41. The Labute approximate surface area is 199 Å². The number of hydrogen-bond donors (Lipinski definition) is 2. The van der Waals surface area contributed by atoms with Gasteiger partial charge >= 0.3 is 0 Å². The SMILES string of the molecule is CC(C)c1cccc(C(C)C)c1NC(=S)N=Nc1cc(C(C)(C)C)c(O)c(C(C)(C)C)c1. The second-order valence-electron chi connectivity index (χ2n) is 11.1. The van der Waals surface area contributed by atoms with Crippen molar-refractivity contribution in [2.75, 3.05) is 5.32 Å². The number of rotatable bonds is 4. The fourth-order valence-corrected chi connectivity index (χ4v) is 3.89. The molecule has 0 saturated heterocycles. The van der Waals surface area contributed by atoms with Gasteiger partial charge in [0.25, 0.3) is 0 Å². The maximum absolute atomic E-state index is 10.9. The van der Waals surface area contributed by atoms with Crippen molar-refractivity contribution in [2.24, 2.45) is 10.2 Å². The minimum Gasteiger partial charge on any atom is -0.507 e. The van der Waals surface area contributed by atoms with Crippen LogP contribution < -0.4 is 5.32 Å². The van der Waals surface area contributed by atoms with Crippen molar-refractivity contribution in [1.29, 1.82) is 0 Å². The van der Waals surface area contributed by atoms with Crippen molar-refractivity contribution >= 4 is 28.7 Å². The number of nitrogens with one attached hydrogen (secondary N) is 1. The van der Waals surface area contributed by atoms with Crippen LogP contribution in [0, 0.1) is 0 Å². The largest absolute Gasteiger partial charge is 0.507 e. The summed E-state index contributed by atoms with van der Waals surface area (Å²) in [7, 11) is 0. The Hall–Kier alpha value is -2.27. The molecule has 32 heavy (non-hydrogen) atoms. The Morgan fingerprint density at radius 3 is 1.69 bits per heavy atom. The summed E-state index contributed by atoms with van der Waals surface area (Å²) in [6.45, 7) is 21.2. The molecule has 0 aliphatic rings. The lowest BCUT2D eigenvalue weighted by Crippen LogP contribution is -2.17. The minimum atomic E-state index is -0.225. The van der Waals surface area contributed by atoms with Gasteiger partial charge in [-0.3, -0.25) is 0 Å². The van der Waals surface area contributed by atoms with Crippen LogP contribution in [-0.2, 0) is 10.8 Å². The first-order valence-corrected chi connectivity index (χ1v) is 11.8. The van der Waals surface area contributed by atoms with Crippen LogP contribution in [0.5, 0.6) is 5.75 Å². The average Bonchev–Trinajstić information content (AvgIpc) is 2.65. The molecule has 0 aliphatic heterocycles. The van der Waals surface area contributed by atoms with E-state index >= 15 is 0 Å². The summed E-state index contributed by atoms with van der Waals surface area (Å²) in [4.78, 5) is 0. The van der Waals surface area contributed by atoms with Gasteiger partial charge in [-0.05, 0) is 58.1 Å². The molecule has 2 rings (SSSR count). The van der Waals surface area contributed by atoms with Gasteiger partial charge in [0.15, 0.2) is 0 Å². The lowest BCUT2D eigenvalue weighted by Gasteiger charge is -2.27. The van der Waals surface area contributed by atoms with Gasteiger partial charge in [0.2, 0.25) is 5.11 Å². The predicted molar refractivity (Wildman–Crippen MR) is 141 cm³/mol. The summed E-state index contributed by atoms with van der Waals surface area (Å²) in [6.07, 6.45) is 0. The molecule has 5 heteroatoms. The molecule has 2 aromatic carbocycles. The second-order valence-corrected chi connectivity index (χ2v) is 11.5. The average molecular weight is 454 g/mol. The van der Waals surface area contributed by atoms with E-state index in [1.54, 1.807) is 0 Å². The zero-order chi connectivity index (χ0) is 24.4. The van der Waals surface area contributed by atoms with Gasteiger partial charge in [-0.25, -0.2) is 0 Å². The highest BCUT2D eigenvalue weighted by atomic mass is 32.1. The van der Waals surface area contributed by atoms with Crippen LogP contribution in [-0.4, -0.2) is 10.2 Å². The normalized spacial score (nSPS) is 12.8. The third-order valence-electron chi connectivity index (χ3n) is 5.57. The lowest BCUT2D eigenvalue weighted by molar-refractivity contribution is 0.423. The van der Waals surface area contributed by atoms with Crippen molar-refractivity contribution in [2.45, 2.75) is 91.9 Å². The summed E-state index contributed by atoms with van der Waals surface area (Å²) in [5.74, 6) is 1.05. The third kappa shape index (κ3) is 6.16. The number of azo groups is 1. The van der Waals surface area contributed by atoms with E-state index < -0.39 is 0 Å². The molecule has 0 bridgehead atoms. The van der Waals surface area contributed by atoms with Crippen LogP contribution in [0.2, 0.25) is 0 Å². The van der Waals surface area contributed by atoms with Crippen LogP contribution in [0.4, 0.5) is 11.4 Å². The fraction of sp³-hybridized carbons (Fsp3) is 0.519. The Morgan fingerprint density at radius 1 is 0.875 bits per heavy atom. The molecule has 0 saturated carbocycles. The van der Waals surface area contributed by atoms with E-state index in [-0.39, 0.29) is 10.8 Å². The monoisotopic (exact) mass is 453 g/mol. The van der Waals surface area contributed by atoms with Gasteiger partial charge in [0.05, 0.1) is 5.69 Å². The standard InChI is InChI=1S/C27H39N3OS/c1-16(2)19-12-11-13-20(17(3)4)23(19)28-25(32)30-29-18-14-21(26(5,6)7)24(31)22(15-18)27(8,9)10/h11-17,31H,1-10H3,(H,28,32). The van der Waals surface area contributed by atoms with E-state index in [1.165, 1.54) is 11.1 Å². The first-order chi connectivity index (χ1) is 14.6. The minimum absolute atomic E-state index is 0.225. The zero-order valence-corrected chi connectivity index (χ0v) is 22.1. The molecule has 0 atom stereocenters. The number of para-hydroxylation sites is 1. The van der Waals surface area contributed by atoms with Crippen molar-refractivity contribution in [3.63, 3.8) is 0 Å². The van der Waals surface area contributed by atoms with E-state index in [4.69, 9.17) is 12.2 Å². The summed E-state index contributed by atoms with van der Waals surface area (Å²) in [5, 5.41) is 23.3. The van der Waals surface area contributed by atoms with Gasteiger partial charge in [-0.1, -0.05) is 87.4 Å². The van der Waals surface area contributed by atoms with Crippen molar-refractivity contribution in [3.05, 3.63) is 52.6 Å². The number of phenolic OH excluding ortho intramolecular Hbond substituents is 1. The molecule has 0 heterocycles. The topological polar surface area (TPSA) is 57.0 Å². The highest BCUT2D eigenvalue weighted by Gasteiger charge is 2.26. The molecule has 0 unspecified atom stereocenters. The molecule has 0 spiro atoms. The quantitative estimate of drug-likeness (QED) is 0.359. The highest BCUT2D eigenvalue weighted by molar-refractivity contribution is 7.80. The molecule has 0 fully saturated rings. The number of phenols is 1. The van der Waals surface area contributed by atoms with E-state index in [0.717, 1.165) is 16.8 Å². The first kappa shape index (κ1) is 26.0. The molecular formula is C27H39N3OS. The number of benzene rings is 2. The molecule has 0 aromatic heterocycles. The first-order valence-electron chi connectivity index (χ1n) is 11.4. The van der Waals surface area contributed by atoms with Crippen LogP contribution >= 0.6 is 12.2 Å². The molecule has 174 valence electrons. The number of hydrogen-bond acceptors (Lipinski definition) is 3. The summed E-state index contributed by atoms with van der Waals surface area (Å²) >= 11 is 5.54. The number of aromatic hydroxyl groups is 1. The summed E-state index contributed by atoms with van der Waals surface area (Å²) < 4.78 is 0. The number of nitrogens with zero attached hydrogens (tertiary/aromatic N) is 2. The number of anilines is 1. The van der Waals surface area contributed by atoms with Gasteiger partial charge < -0.3 is 10.4 Å². The van der Waals surface area contributed by atoms with Crippen molar-refractivity contribution < 1.29 is 5.11 Å². The van der Waals surface area contributed by atoms with Crippen LogP contribution in [0.1, 0.15) is 103 Å². The number of thiocarbonyl (C=S) groups is 1. The molecule has 4 nitrogen and oxygen atoms in total. The van der Waals surface area contributed by atoms with E-state index in [9.17, 15) is 5.11 Å². The Morgan fingerprint density at radius 2 is 1.31 bits per heavy atom. The van der Waals surface area contributed by atoms with Gasteiger partial charge in [0.1, 0.15) is 5.75 Å². The molecule has 2 N–H and O–H groups in total. The second kappa shape index (κ2) is 9.70. The van der Waals surface area contributed by atoms with Gasteiger partial charge in [-0.15, -0.1) is 10.2 Å². The van der Waals surface area contributed by atoms with Crippen molar-refractivity contribution in [1.82, 2.24) is 0 Å². The molecular weight excluding hydrogens is 414 g/mol. The Balaban J connectivity index is 2.44. The fourth-order valence-electron chi connectivity index (χ4n) is 3.75. The van der Waals surface area contributed by atoms with Gasteiger partial charge in [0, 0.05) is 16.8 Å².